The Labute approximate surface area is 213 Å². The second-order valence-electron chi connectivity index (χ2n) is 8.12. The summed E-state index contributed by atoms with van der Waals surface area (Å²) in [6, 6.07) is 18.2. The van der Waals surface area contributed by atoms with Gasteiger partial charge < -0.3 is 9.15 Å². The van der Waals surface area contributed by atoms with Crippen LogP contribution in [0.1, 0.15) is 31.2 Å². The summed E-state index contributed by atoms with van der Waals surface area (Å²) in [5, 5.41) is 0. The van der Waals surface area contributed by atoms with E-state index in [0.29, 0.717) is 32.1 Å². The highest BCUT2D eigenvalue weighted by molar-refractivity contribution is 9.10. The second kappa shape index (κ2) is 9.28. The number of Topliss-reactive ketones (excluding diaryl/α,β-unsaturated/α-hetero) is 1. The molecule has 35 heavy (non-hydrogen) atoms. The molecule has 0 amide bonds. The van der Waals surface area contributed by atoms with Gasteiger partial charge in [-0.2, -0.15) is 0 Å². The van der Waals surface area contributed by atoms with Crippen molar-refractivity contribution in [1.82, 2.24) is 4.57 Å². The summed E-state index contributed by atoms with van der Waals surface area (Å²) in [4.78, 5) is 31.4. The van der Waals surface area contributed by atoms with Crippen LogP contribution in [0.3, 0.4) is 0 Å². The number of ketones is 1. The summed E-state index contributed by atoms with van der Waals surface area (Å²) in [7, 11) is 1.61. The van der Waals surface area contributed by atoms with Gasteiger partial charge in [0.15, 0.2) is 10.6 Å². The van der Waals surface area contributed by atoms with Gasteiger partial charge in [0.25, 0.3) is 5.56 Å². The number of hydrogen-bond acceptors (Lipinski definition) is 6. The van der Waals surface area contributed by atoms with Crippen molar-refractivity contribution in [2.75, 3.05) is 7.11 Å². The highest BCUT2D eigenvalue weighted by atomic mass is 79.9. The predicted molar refractivity (Wildman–Crippen MR) is 139 cm³/mol. The number of aromatic nitrogens is 1. The maximum atomic E-state index is 13.6. The highest BCUT2D eigenvalue weighted by Crippen LogP contribution is 2.34. The summed E-state index contributed by atoms with van der Waals surface area (Å²) in [6.45, 7) is 3.29. The lowest BCUT2D eigenvalue weighted by atomic mass is 9.98. The number of carbonyl (C=O) groups is 1. The van der Waals surface area contributed by atoms with Crippen LogP contribution in [-0.2, 0) is 4.79 Å². The SMILES string of the molecule is COc1ccc(/C=c2/sc3n(c2=O)[C@@H](c2ccc(-c4ccc(Br)cc4)o2)C(C(C)=O)=C(C)N=3)cc1. The largest absolute Gasteiger partial charge is 0.497 e. The number of nitrogens with zero attached hydrogens (tertiary/aromatic N) is 2. The molecule has 2 aromatic heterocycles. The Morgan fingerprint density at radius 2 is 1.83 bits per heavy atom. The Kier molecular flexibility index (Phi) is 6.17. The molecule has 0 N–H and O–H groups in total. The Morgan fingerprint density at radius 3 is 2.49 bits per heavy atom. The Hall–Kier alpha value is -3.49. The molecule has 0 radical (unpaired) electrons. The van der Waals surface area contributed by atoms with Crippen molar-refractivity contribution in [3.63, 3.8) is 0 Å². The van der Waals surface area contributed by atoms with Gasteiger partial charge in [-0.05, 0) is 61.9 Å². The molecule has 0 unspecified atom stereocenters. The van der Waals surface area contributed by atoms with Gasteiger partial charge in [-0.15, -0.1) is 0 Å². The molecule has 176 valence electrons. The Balaban J connectivity index is 1.66. The molecule has 1 atom stereocenters. The molecule has 1 aliphatic rings. The van der Waals surface area contributed by atoms with E-state index in [0.717, 1.165) is 21.3 Å². The molecule has 2 aromatic carbocycles. The number of thiazole rings is 1. The first-order valence-electron chi connectivity index (χ1n) is 10.9. The van der Waals surface area contributed by atoms with E-state index in [1.54, 1.807) is 18.6 Å². The fraction of sp³-hybridized carbons (Fsp3) is 0.148. The van der Waals surface area contributed by atoms with E-state index in [1.165, 1.54) is 18.3 Å². The molecular formula is C27H21BrN2O4S. The summed E-state index contributed by atoms with van der Waals surface area (Å²) in [6.07, 6.45) is 1.82. The van der Waals surface area contributed by atoms with Crippen LogP contribution < -0.4 is 19.6 Å². The molecule has 0 fully saturated rings. The highest BCUT2D eigenvalue weighted by Gasteiger charge is 2.33. The number of furan rings is 1. The molecule has 0 aliphatic carbocycles. The number of benzene rings is 2. The number of hydrogen-bond donors (Lipinski definition) is 0. The summed E-state index contributed by atoms with van der Waals surface area (Å²) in [5.74, 6) is 1.76. The molecule has 0 saturated carbocycles. The lowest BCUT2D eigenvalue weighted by Gasteiger charge is -2.22. The average Bonchev–Trinajstić information content (AvgIpc) is 3.44. The van der Waals surface area contributed by atoms with Crippen molar-refractivity contribution < 1.29 is 13.9 Å². The number of carbonyl (C=O) groups excluding carboxylic acids is 1. The quantitative estimate of drug-likeness (QED) is 0.357. The molecule has 8 heteroatoms. The minimum absolute atomic E-state index is 0.151. The van der Waals surface area contributed by atoms with Crippen molar-refractivity contribution in [2.45, 2.75) is 19.9 Å². The third kappa shape index (κ3) is 4.35. The standard InChI is InChI=1S/C27H21BrN2O4S/c1-15-24(16(2)31)25(22-13-12-21(34-22)18-6-8-19(28)9-7-18)30-26(32)23(35-27(30)29-15)14-17-4-10-20(33-3)11-5-17/h4-14,25H,1-3H3/b23-14+/t25-/m0/s1. The van der Waals surface area contributed by atoms with Crippen molar-refractivity contribution in [2.24, 2.45) is 4.99 Å². The van der Waals surface area contributed by atoms with Gasteiger partial charge in [0.05, 0.1) is 11.6 Å². The molecule has 0 bridgehead atoms. The van der Waals surface area contributed by atoms with Gasteiger partial charge in [-0.1, -0.05) is 51.5 Å². The number of ether oxygens (including phenoxy) is 1. The van der Waals surface area contributed by atoms with E-state index in [4.69, 9.17) is 9.15 Å². The molecule has 0 saturated heterocycles. The van der Waals surface area contributed by atoms with E-state index in [9.17, 15) is 9.59 Å². The Morgan fingerprint density at radius 1 is 1.11 bits per heavy atom. The molecule has 1 aliphatic heterocycles. The Bertz CT molecular complexity index is 1640. The summed E-state index contributed by atoms with van der Waals surface area (Å²) >= 11 is 4.74. The molecule has 3 heterocycles. The monoisotopic (exact) mass is 548 g/mol. The van der Waals surface area contributed by atoms with Gasteiger partial charge >= 0.3 is 0 Å². The van der Waals surface area contributed by atoms with Gasteiger partial charge in [0, 0.05) is 21.3 Å². The zero-order chi connectivity index (χ0) is 24.7. The van der Waals surface area contributed by atoms with Crippen molar-refractivity contribution >= 4 is 39.1 Å². The van der Waals surface area contributed by atoms with Crippen molar-refractivity contribution in [1.29, 1.82) is 0 Å². The van der Waals surface area contributed by atoms with E-state index < -0.39 is 6.04 Å². The maximum Gasteiger partial charge on any atom is 0.271 e. The fourth-order valence-corrected chi connectivity index (χ4v) is 5.47. The minimum atomic E-state index is -0.689. The van der Waals surface area contributed by atoms with E-state index in [-0.39, 0.29) is 11.3 Å². The minimum Gasteiger partial charge on any atom is -0.497 e. The predicted octanol–water partition coefficient (Wildman–Crippen LogP) is 4.86. The first kappa shape index (κ1) is 23.3. The van der Waals surface area contributed by atoms with Gasteiger partial charge in [-0.25, -0.2) is 4.99 Å². The number of methoxy groups -OCH3 is 1. The van der Waals surface area contributed by atoms with Crippen LogP contribution in [0.2, 0.25) is 0 Å². The summed E-state index contributed by atoms with van der Waals surface area (Å²) in [5.41, 5.74) is 2.58. The zero-order valence-corrected chi connectivity index (χ0v) is 21.6. The van der Waals surface area contributed by atoms with Gasteiger partial charge in [0.2, 0.25) is 0 Å². The van der Waals surface area contributed by atoms with Crippen molar-refractivity contribution in [3.8, 4) is 17.1 Å². The van der Waals surface area contributed by atoms with E-state index in [2.05, 4.69) is 20.9 Å². The van der Waals surface area contributed by atoms with Gasteiger partial charge in [0.1, 0.15) is 23.3 Å². The van der Waals surface area contributed by atoms with Crippen LogP contribution in [0, 0.1) is 0 Å². The van der Waals surface area contributed by atoms with Crippen LogP contribution in [0.5, 0.6) is 5.75 Å². The van der Waals surface area contributed by atoms with Gasteiger partial charge in [-0.3, -0.25) is 14.2 Å². The third-order valence-corrected chi connectivity index (χ3v) is 7.35. The molecule has 4 aromatic rings. The molecular weight excluding hydrogens is 528 g/mol. The van der Waals surface area contributed by atoms with Crippen LogP contribution >= 0.6 is 27.3 Å². The van der Waals surface area contributed by atoms with Crippen LogP contribution in [0.4, 0.5) is 0 Å². The second-order valence-corrected chi connectivity index (χ2v) is 10.0. The smallest absolute Gasteiger partial charge is 0.271 e. The molecule has 6 nitrogen and oxygen atoms in total. The lowest BCUT2D eigenvalue weighted by Crippen LogP contribution is -2.39. The first-order valence-corrected chi connectivity index (χ1v) is 12.5. The first-order chi connectivity index (χ1) is 16.9. The van der Waals surface area contributed by atoms with Crippen LogP contribution in [0.25, 0.3) is 17.4 Å². The van der Waals surface area contributed by atoms with Crippen molar-refractivity contribution in [3.05, 3.63) is 107 Å². The zero-order valence-electron chi connectivity index (χ0n) is 19.2. The number of rotatable bonds is 5. The van der Waals surface area contributed by atoms with Crippen LogP contribution in [-0.4, -0.2) is 17.5 Å². The number of fused-ring (bicyclic) bond motifs is 1. The lowest BCUT2D eigenvalue weighted by molar-refractivity contribution is -0.114. The topological polar surface area (TPSA) is 73.8 Å². The maximum absolute atomic E-state index is 13.6. The third-order valence-electron chi connectivity index (χ3n) is 5.84. The van der Waals surface area contributed by atoms with Crippen LogP contribution in [0.15, 0.2) is 90.6 Å². The van der Waals surface area contributed by atoms with E-state index >= 15 is 0 Å². The molecule has 0 spiro atoms. The number of halogens is 1. The normalized spacial score (nSPS) is 15.7. The fourth-order valence-electron chi connectivity index (χ4n) is 4.16. The molecule has 5 rings (SSSR count). The van der Waals surface area contributed by atoms with E-state index in [1.807, 2.05) is 66.7 Å². The average molecular weight is 549 g/mol. The number of allylic oxidation sites excluding steroid dienone is 2. The summed E-state index contributed by atoms with van der Waals surface area (Å²) < 4.78 is 14.5.